The van der Waals surface area contributed by atoms with E-state index in [0.29, 0.717) is 30.6 Å². The number of alkyl halides is 1. The maximum Gasteiger partial charge on any atom is 0.345 e. The van der Waals surface area contributed by atoms with Crippen molar-refractivity contribution >= 4 is 62.9 Å². The summed E-state index contributed by atoms with van der Waals surface area (Å²) in [4.78, 5) is 48.5. The third-order valence-electron chi connectivity index (χ3n) is 6.77. The van der Waals surface area contributed by atoms with Crippen LogP contribution in [0.4, 0.5) is 5.69 Å². The van der Waals surface area contributed by atoms with Gasteiger partial charge in [0.15, 0.2) is 0 Å². The van der Waals surface area contributed by atoms with Gasteiger partial charge in [-0.05, 0) is 55.3 Å². The number of rotatable bonds is 7. The number of fused-ring (bicyclic) bond motifs is 1. The fourth-order valence-electron chi connectivity index (χ4n) is 4.66. The number of anilines is 1. The SMILES string of the molecule is CC1C(I)CCC(C(=O)OC(=O)c2ccccc2)C1C(=O)Nc1cccc2ccccc12.NCCCC(=O)O. The number of benzene rings is 3. The highest BCUT2D eigenvalue weighted by Crippen LogP contribution is 2.40. The normalized spacial score (nSPS) is 20.3. The lowest BCUT2D eigenvalue weighted by Gasteiger charge is -2.37. The molecule has 0 bridgehead atoms. The summed E-state index contributed by atoms with van der Waals surface area (Å²) in [7, 11) is 0. The smallest absolute Gasteiger partial charge is 0.345 e. The average Bonchev–Trinajstić information content (AvgIpc) is 2.94. The molecule has 1 aliphatic rings. The highest BCUT2D eigenvalue weighted by molar-refractivity contribution is 14.1. The van der Waals surface area contributed by atoms with Gasteiger partial charge in [0.1, 0.15) is 0 Å². The molecule has 0 saturated heterocycles. The first-order valence-corrected chi connectivity index (χ1v) is 14.1. The minimum atomic E-state index is -0.773. The molecular weight excluding hydrogens is 611 g/mol. The number of carboxylic acid groups (broad SMARTS) is 1. The Labute approximate surface area is 241 Å². The number of amides is 1. The van der Waals surface area contributed by atoms with Crippen LogP contribution in [0.15, 0.2) is 72.8 Å². The van der Waals surface area contributed by atoms with Crippen molar-refractivity contribution < 1.29 is 29.0 Å². The molecular formula is C30H33IN2O6. The number of aliphatic carboxylic acids is 1. The van der Waals surface area contributed by atoms with E-state index in [1.807, 2.05) is 49.4 Å². The Morgan fingerprint density at radius 3 is 2.31 bits per heavy atom. The monoisotopic (exact) mass is 644 g/mol. The number of carboxylic acids is 1. The van der Waals surface area contributed by atoms with Gasteiger partial charge in [-0.1, -0.05) is 84.1 Å². The number of halogens is 1. The van der Waals surface area contributed by atoms with E-state index in [0.717, 1.165) is 17.2 Å². The van der Waals surface area contributed by atoms with Crippen molar-refractivity contribution in [2.75, 3.05) is 11.9 Å². The van der Waals surface area contributed by atoms with Crippen LogP contribution in [0.5, 0.6) is 0 Å². The van der Waals surface area contributed by atoms with Gasteiger partial charge < -0.3 is 20.9 Å². The van der Waals surface area contributed by atoms with Gasteiger partial charge in [0.25, 0.3) is 0 Å². The zero-order chi connectivity index (χ0) is 28.4. The van der Waals surface area contributed by atoms with Gasteiger partial charge in [0.2, 0.25) is 5.91 Å². The van der Waals surface area contributed by atoms with Gasteiger partial charge in [-0.3, -0.25) is 14.4 Å². The maximum absolute atomic E-state index is 13.4. The molecule has 0 aromatic heterocycles. The van der Waals surface area contributed by atoms with Crippen LogP contribution in [-0.2, 0) is 19.1 Å². The van der Waals surface area contributed by atoms with Gasteiger partial charge in [-0.2, -0.15) is 0 Å². The number of ether oxygens (including phenoxy) is 1. The van der Waals surface area contributed by atoms with Crippen molar-refractivity contribution in [3.05, 3.63) is 78.4 Å². The molecule has 0 aliphatic heterocycles. The average molecular weight is 645 g/mol. The van der Waals surface area contributed by atoms with Gasteiger partial charge in [-0.15, -0.1) is 0 Å². The number of carbonyl (C=O) groups is 4. The van der Waals surface area contributed by atoms with Crippen molar-refractivity contribution in [3.8, 4) is 0 Å². The molecule has 1 saturated carbocycles. The van der Waals surface area contributed by atoms with E-state index in [1.54, 1.807) is 30.3 Å². The summed E-state index contributed by atoms with van der Waals surface area (Å²) in [5, 5.41) is 13.0. The van der Waals surface area contributed by atoms with Crippen LogP contribution in [0.25, 0.3) is 10.8 Å². The second kappa shape index (κ2) is 14.7. The summed E-state index contributed by atoms with van der Waals surface area (Å²) in [6.07, 6.45) is 2.07. The van der Waals surface area contributed by atoms with Crippen LogP contribution >= 0.6 is 22.6 Å². The van der Waals surface area contributed by atoms with Crippen LogP contribution in [0, 0.1) is 17.8 Å². The Morgan fingerprint density at radius 2 is 1.64 bits per heavy atom. The topological polar surface area (TPSA) is 136 Å². The molecule has 0 spiro atoms. The van der Waals surface area contributed by atoms with Crippen molar-refractivity contribution in [2.45, 2.75) is 36.5 Å². The van der Waals surface area contributed by atoms with E-state index < -0.39 is 29.7 Å². The minimum Gasteiger partial charge on any atom is -0.481 e. The van der Waals surface area contributed by atoms with E-state index in [-0.39, 0.29) is 22.2 Å². The fourth-order valence-corrected chi connectivity index (χ4v) is 5.47. The predicted molar refractivity (Wildman–Crippen MR) is 159 cm³/mol. The number of carbonyl (C=O) groups excluding carboxylic acids is 3. The second-order valence-electron chi connectivity index (χ2n) is 9.46. The van der Waals surface area contributed by atoms with E-state index in [2.05, 4.69) is 27.9 Å². The first-order chi connectivity index (χ1) is 18.7. The summed E-state index contributed by atoms with van der Waals surface area (Å²) in [5.74, 6) is -3.60. The van der Waals surface area contributed by atoms with Crippen molar-refractivity contribution in [3.63, 3.8) is 0 Å². The minimum absolute atomic E-state index is 0.0382. The number of esters is 2. The van der Waals surface area contributed by atoms with E-state index in [1.165, 1.54) is 0 Å². The molecule has 1 fully saturated rings. The Morgan fingerprint density at radius 1 is 0.974 bits per heavy atom. The molecule has 0 heterocycles. The second-order valence-corrected chi connectivity index (χ2v) is 11.1. The fraction of sp³-hybridized carbons (Fsp3) is 0.333. The van der Waals surface area contributed by atoms with Crippen molar-refractivity contribution in [1.82, 2.24) is 0 Å². The van der Waals surface area contributed by atoms with Crippen LogP contribution in [0.3, 0.4) is 0 Å². The molecule has 4 unspecified atom stereocenters. The molecule has 0 radical (unpaired) electrons. The van der Waals surface area contributed by atoms with E-state index in [9.17, 15) is 19.2 Å². The lowest BCUT2D eigenvalue weighted by molar-refractivity contribution is -0.149. The zero-order valence-corrected chi connectivity index (χ0v) is 23.9. The molecule has 4 atom stereocenters. The Hall–Kier alpha value is -3.31. The molecule has 3 aromatic rings. The molecule has 3 aromatic carbocycles. The van der Waals surface area contributed by atoms with Gasteiger partial charge in [0, 0.05) is 21.4 Å². The number of nitrogens with one attached hydrogen (secondary N) is 1. The quantitative estimate of drug-likeness (QED) is 0.135. The largest absolute Gasteiger partial charge is 0.481 e. The first-order valence-electron chi connectivity index (χ1n) is 12.9. The molecule has 1 amide bonds. The summed E-state index contributed by atoms with van der Waals surface area (Å²) < 4.78 is 5.45. The number of hydrogen-bond acceptors (Lipinski definition) is 6. The van der Waals surface area contributed by atoms with Gasteiger partial charge >= 0.3 is 17.9 Å². The van der Waals surface area contributed by atoms with Gasteiger partial charge in [-0.25, -0.2) is 4.79 Å². The molecule has 9 heteroatoms. The third-order valence-corrected chi connectivity index (χ3v) is 8.53. The van der Waals surface area contributed by atoms with Crippen LogP contribution in [-0.4, -0.2) is 39.4 Å². The molecule has 4 N–H and O–H groups in total. The third kappa shape index (κ3) is 8.34. The Balaban J connectivity index is 0.000000532. The van der Waals surface area contributed by atoms with E-state index >= 15 is 0 Å². The van der Waals surface area contributed by atoms with Crippen molar-refractivity contribution in [1.29, 1.82) is 0 Å². The van der Waals surface area contributed by atoms with Crippen molar-refractivity contribution in [2.24, 2.45) is 23.5 Å². The lowest BCUT2D eigenvalue weighted by Crippen LogP contribution is -2.45. The molecule has 39 heavy (non-hydrogen) atoms. The zero-order valence-electron chi connectivity index (χ0n) is 21.7. The van der Waals surface area contributed by atoms with Gasteiger partial charge in [0.05, 0.1) is 17.4 Å². The van der Waals surface area contributed by atoms with Crippen LogP contribution in [0.1, 0.15) is 43.0 Å². The number of nitrogens with two attached hydrogens (primary N) is 1. The first kappa shape index (κ1) is 30.2. The molecule has 8 nitrogen and oxygen atoms in total. The Bertz CT molecular complexity index is 1290. The Kier molecular flexibility index (Phi) is 11.4. The lowest BCUT2D eigenvalue weighted by atomic mass is 9.72. The van der Waals surface area contributed by atoms with Crippen LogP contribution in [0.2, 0.25) is 0 Å². The summed E-state index contributed by atoms with van der Waals surface area (Å²) in [6.45, 7) is 2.45. The maximum atomic E-state index is 13.4. The van der Waals surface area contributed by atoms with Crippen LogP contribution < -0.4 is 11.1 Å². The summed E-state index contributed by atoms with van der Waals surface area (Å²) in [6, 6.07) is 22.0. The number of hydrogen-bond donors (Lipinski definition) is 3. The highest BCUT2D eigenvalue weighted by Gasteiger charge is 2.45. The summed E-state index contributed by atoms with van der Waals surface area (Å²) >= 11 is 2.35. The standard InChI is InChI=1S/C26H24INO4.C4H9NO2/c1-16-21(27)15-14-20(26(31)32-25(30)18-9-3-2-4-10-18)23(16)24(29)28-22-13-7-11-17-8-5-6-12-19(17)22;5-3-1-2-4(6)7/h2-13,16,20-21,23H,14-15H2,1H3,(H,28,29);1-3,5H2,(H,6,7). The summed E-state index contributed by atoms with van der Waals surface area (Å²) in [5.41, 5.74) is 6.04. The molecule has 1 aliphatic carbocycles. The van der Waals surface area contributed by atoms with E-state index in [4.69, 9.17) is 15.6 Å². The predicted octanol–water partition coefficient (Wildman–Crippen LogP) is 5.44. The highest BCUT2D eigenvalue weighted by atomic mass is 127. The molecule has 206 valence electrons. The molecule has 4 rings (SSSR count).